The second-order valence-electron chi connectivity index (χ2n) is 5.43. The van der Waals surface area contributed by atoms with E-state index in [1.807, 2.05) is 24.3 Å². The quantitative estimate of drug-likeness (QED) is 0.345. The maximum Gasteiger partial charge on any atom is 0.191 e. The molecule has 1 aliphatic rings. The van der Waals surface area contributed by atoms with E-state index in [2.05, 4.69) is 16.8 Å². The minimum atomic E-state index is 0. The molecule has 1 aromatic rings. The van der Waals surface area contributed by atoms with Gasteiger partial charge in [-0.25, -0.2) is 4.99 Å². The fourth-order valence-corrected chi connectivity index (χ4v) is 2.33. The van der Waals surface area contributed by atoms with Crippen LogP contribution in [0.15, 0.2) is 29.3 Å². The molecule has 1 aromatic carbocycles. The van der Waals surface area contributed by atoms with E-state index >= 15 is 0 Å². The first-order valence-corrected chi connectivity index (χ1v) is 7.50. The molecule has 5 nitrogen and oxygen atoms in total. The lowest BCUT2D eigenvalue weighted by Crippen LogP contribution is -2.42. The zero-order valence-corrected chi connectivity index (χ0v) is 15.7. The SMILES string of the molecule is COc1ccc(OCCN=C(N)N2CCC(C)CC2)cc1.I. The number of nitrogens with two attached hydrogens (primary N) is 1. The zero-order chi connectivity index (χ0) is 15.1. The number of hydrogen-bond acceptors (Lipinski definition) is 3. The summed E-state index contributed by atoms with van der Waals surface area (Å²) in [5.41, 5.74) is 6.02. The third-order valence-electron chi connectivity index (χ3n) is 3.80. The van der Waals surface area contributed by atoms with Gasteiger partial charge in [-0.15, -0.1) is 24.0 Å². The normalized spacial score (nSPS) is 16.1. The number of hydrogen-bond donors (Lipinski definition) is 1. The van der Waals surface area contributed by atoms with Crippen molar-refractivity contribution >= 4 is 29.9 Å². The molecule has 0 atom stereocenters. The number of benzene rings is 1. The molecule has 22 heavy (non-hydrogen) atoms. The summed E-state index contributed by atoms with van der Waals surface area (Å²) in [6.45, 7) is 5.40. The van der Waals surface area contributed by atoms with E-state index in [9.17, 15) is 0 Å². The van der Waals surface area contributed by atoms with Crippen molar-refractivity contribution in [3.63, 3.8) is 0 Å². The Hall–Kier alpha value is -1.18. The minimum absolute atomic E-state index is 0. The molecule has 1 fully saturated rings. The van der Waals surface area contributed by atoms with Crippen molar-refractivity contribution < 1.29 is 9.47 Å². The Bertz CT molecular complexity index is 457. The topological polar surface area (TPSA) is 60.1 Å². The standard InChI is InChI=1S/C16H25N3O2.HI/c1-13-7-10-19(11-8-13)16(17)18-9-12-21-15-5-3-14(20-2)4-6-15;/h3-6,13H,7-12H2,1-2H3,(H2,17,18);1H. The third-order valence-corrected chi connectivity index (χ3v) is 3.80. The first-order chi connectivity index (χ1) is 10.2. The third kappa shape index (κ3) is 5.90. The summed E-state index contributed by atoms with van der Waals surface area (Å²) in [5.74, 6) is 3.08. The highest BCUT2D eigenvalue weighted by atomic mass is 127. The van der Waals surface area contributed by atoms with Gasteiger partial charge in [-0.2, -0.15) is 0 Å². The molecule has 0 aliphatic carbocycles. The average molecular weight is 419 g/mol. The summed E-state index contributed by atoms with van der Waals surface area (Å²) in [6.07, 6.45) is 2.39. The van der Waals surface area contributed by atoms with Gasteiger partial charge >= 0.3 is 0 Å². The van der Waals surface area contributed by atoms with Crippen molar-refractivity contribution in [3.8, 4) is 11.5 Å². The van der Waals surface area contributed by atoms with Crippen molar-refractivity contribution in [2.75, 3.05) is 33.4 Å². The number of nitrogens with zero attached hydrogens (tertiary/aromatic N) is 2. The van der Waals surface area contributed by atoms with Gasteiger partial charge in [0.15, 0.2) is 5.96 Å². The highest BCUT2D eigenvalue weighted by Crippen LogP contribution is 2.17. The maximum absolute atomic E-state index is 6.02. The monoisotopic (exact) mass is 419 g/mol. The predicted octanol–water partition coefficient (Wildman–Crippen LogP) is 2.74. The Balaban J connectivity index is 0.00000242. The molecule has 0 spiro atoms. The Kier molecular flexibility index (Phi) is 8.37. The van der Waals surface area contributed by atoms with E-state index in [0.29, 0.717) is 19.1 Å². The van der Waals surface area contributed by atoms with Crippen molar-refractivity contribution in [3.05, 3.63) is 24.3 Å². The van der Waals surface area contributed by atoms with Gasteiger partial charge in [-0.05, 0) is 43.0 Å². The first-order valence-electron chi connectivity index (χ1n) is 7.50. The number of guanidine groups is 1. The largest absolute Gasteiger partial charge is 0.497 e. The first kappa shape index (κ1) is 18.9. The summed E-state index contributed by atoms with van der Waals surface area (Å²) < 4.78 is 10.7. The van der Waals surface area contributed by atoms with Crippen LogP contribution in [0.4, 0.5) is 0 Å². The molecule has 1 saturated heterocycles. The molecule has 124 valence electrons. The van der Waals surface area contributed by atoms with Gasteiger partial charge < -0.3 is 20.1 Å². The summed E-state index contributed by atoms with van der Waals surface area (Å²) in [7, 11) is 1.65. The Labute approximate surface area is 149 Å². The van der Waals surface area contributed by atoms with Crippen molar-refractivity contribution in [1.29, 1.82) is 0 Å². The average Bonchev–Trinajstić information content (AvgIpc) is 2.52. The van der Waals surface area contributed by atoms with Crippen LogP contribution in [0, 0.1) is 5.92 Å². The number of ether oxygens (including phenoxy) is 2. The van der Waals surface area contributed by atoms with Gasteiger partial charge in [0.1, 0.15) is 18.1 Å². The molecule has 2 rings (SSSR count). The molecule has 2 N–H and O–H groups in total. The molecule has 0 unspecified atom stereocenters. The van der Waals surface area contributed by atoms with E-state index in [-0.39, 0.29) is 24.0 Å². The number of methoxy groups -OCH3 is 1. The van der Waals surface area contributed by atoms with Crippen molar-refractivity contribution in [2.45, 2.75) is 19.8 Å². The van der Waals surface area contributed by atoms with Gasteiger partial charge in [-0.1, -0.05) is 6.92 Å². The molecule has 0 amide bonds. The van der Waals surface area contributed by atoms with Crippen LogP contribution in [0.25, 0.3) is 0 Å². The number of aliphatic imine (C=N–C) groups is 1. The molecule has 0 bridgehead atoms. The summed E-state index contributed by atoms with van der Waals surface area (Å²) in [5, 5.41) is 0. The van der Waals surface area contributed by atoms with Gasteiger partial charge in [0, 0.05) is 13.1 Å². The van der Waals surface area contributed by atoms with Crippen molar-refractivity contribution in [2.24, 2.45) is 16.6 Å². The molecular weight excluding hydrogens is 393 g/mol. The molecule has 0 saturated carbocycles. The van der Waals surface area contributed by atoms with Crippen LogP contribution < -0.4 is 15.2 Å². The molecule has 0 aromatic heterocycles. The Morgan fingerprint density at radius 2 is 1.82 bits per heavy atom. The Morgan fingerprint density at radius 1 is 1.23 bits per heavy atom. The van der Waals surface area contributed by atoms with E-state index in [1.165, 1.54) is 12.8 Å². The predicted molar refractivity (Wildman–Crippen MR) is 100 cm³/mol. The summed E-state index contributed by atoms with van der Waals surface area (Å²) in [4.78, 5) is 6.55. The van der Waals surface area contributed by atoms with E-state index in [1.54, 1.807) is 7.11 Å². The van der Waals surface area contributed by atoms with Gasteiger partial charge in [0.05, 0.1) is 13.7 Å². The number of rotatable bonds is 5. The summed E-state index contributed by atoms with van der Waals surface area (Å²) >= 11 is 0. The zero-order valence-electron chi connectivity index (χ0n) is 13.3. The summed E-state index contributed by atoms with van der Waals surface area (Å²) in [6, 6.07) is 7.53. The Morgan fingerprint density at radius 3 is 2.41 bits per heavy atom. The van der Waals surface area contributed by atoms with E-state index in [4.69, 9.17) is 15.2 Å². The molecule has 6 heteroatoms. The van der Waals surface area contributed by atoms with Crippen LogP contribution in [0.2, 0.25) is 0 Å². The van der Waals surface area contributed by atoms with Crippen LogP contribution in [-0.4, -0.2) is 44.2 Å². The highest BCUT2D eigenvalue weighted by Gasteiger charge is 2.16. The van der Waals surface area contributed by atoms with Crippen LogP contribution >= 0.6 is 24.0 Å². The van der Waals surface area contributed by atoms with Crippen molar-refractivity contribution in [1.82, 2.24) is 4.90 Å². The lowest BCUT2D eigenvalue weighted by atomic mass is 10.00. The minimum Gasteiger partial charge on any atom is -0.497 e. The highest BCUT2D eigenvalue weighted by molar-refractivity contribution is 14.0. The number of halogens is 1. The van der Waals surface area contributed by atoms with Crippen LogP contribution in [0.5, 0.6) is 11.5 Å². The number of likely N-dealkylation sites (tertiary alicyclic amines) is 1. The van der Waals surface area contributed by atoms with Crippen LogP contribution in [0.3, 0.4) is 0 Å². The van der Waals surface area contributed by atoms with Crippen LogP contribution in [0.1, 0.15) is 19.8 Å². The molecule has 1 heterocycles. The molecule has 1 aliphatic heterocycles. The van der Waals surface area contributed by atoms with Gasteiger partial charge in [-0.3, -0.25) is 0 Å². The second kappa shape index (κ2) is 9.76. The molecule has 0 radical (unpaired) electrons. The molecular formula is C16H26IN3O2. The second-order valence-corrected chi connectivity index (χ2v) is 5.43. The lowest BCUT2D eigenvalue weighted by Gasteiger charge is -2.31. The lowest BCUT2D eigenvalue weighted by molar-refractivity contribution is 0.276. The fourth-order valence-electron chi connectivity index (χ4n) is 2.33. The maximum atomic E-state index is 6.02. The number of piperidine rings is 1. The van der Waals surface area contributed by atoms with E-state index in [0.717, 1.165) is 30.5 Å². The van der Waals surface area contributed by atoms with Crippen LogP contribution in [-0.2, 0) is 0 Å². The smallest absolute Gasteiger partial charge is 0.191 e. The van der Waals surface area contributed by atoms with E-state index < -0.39 is 0 Å². The fraction of sp³-hybridized carbons (Fsp3) is 0.562. The van der Waals surface area contributed by atoms with Gasteiger partial charge in [0.2, 0.25) is 0 Å². The van der Waals surface area contributed by atoms with Gasteiger partial charge in [0.25, 0.3) is 0 Å².